The summed E-state index contributed by atoms with van der Waals surface area (Å²) in [6.45, 7) is 7.39. The average Bonchev–Trinajstić information content (AvgIpc) is 2.82. The van der Waals surface area contributed by atoms with E-state index in [4.69, 9.17) is 0 Å². The lowest BCUT2D eigenvalue weighted by Gasteiger charge is -2.32. The maximum absolute atomic E-state index is 3.71. The van der Waals surface area contributed by atoms with Crippen molar-refractivity contribution in [1.82, 2.24) is 10.2 Å². The lowest BCUT2D eigenvalue weighted by Crippen LogP contribution is -2.42. The summed E-state index contributed by atoms with van der Waals surface area (Å²) in [7, 11) is 0. The van der Waals surface area contributed by atoms with Crippen molar-refractivity contribution in [2.24, 2.45) is 0 Å². The van der Waals surface area contributed by atoms with Crippen LogP contribution in [0.5, 0.6) is 0 Å². The lowest BCUT2D eigenvalue weighted by atomic mass is 10.2. The van der Waals surface area contributed by atoms with Gasteiger partial charge in [0.05, 0.1) is 0 Å². The van der Waals surface area contributed by atoms with E-state index in [9.17, 15) is 0 Å². The van der Waals surface area contributed by atoms with Gasteiger partial charge in [-0.05, 0) is 19.3 Å². The molecule has 0 radical (unpaired) electrons. The van der Waals surface area contributed by atoms with Gasteiger partial charge in [-0.2, -0.15) is 11.8 Å². The van der Waals surface area contributed by atoms with Crippen LogP contribution in [-0.2, 0) is 0 Å². The second-order valence-electron chi connectivity index (χ2n) is 5.14. The molecule has 0 amide bonds. The van der Waals surface area contributed by atoms with E-state index in [1.807, 2.05) is 0 Å². The van der Waals surface area contributed by atoms with E-state index in [1.54, 1.807) is 0 Å². The van der Waals surface area contributed by atoms with Crippen LogP contribution in [0.25, 0.3) is 0 Å². The van der Waals surface area contributed by atoms with Crippen LogP contribution in [0.4, 0.5) is 0 Å². The minimum Gasteiger partial charge on any atom is -0.313 e. The molecule has 1 aliphatic heterocycles. The third-order valence-electron chi connectivity index (χ3n) is 3.89. The van der Waals surface area contributed by atoms with E-state index >= 15 is 0 Å². The van der Waals surface area contributed by atoms with Crippen LogP contribution in [0.1, 0.15) is 39.0 Å². The highest BCUT2D eigenvalue weighted by Gasteiger charge is 2.19. The molecule has 1 heterocycles. The number of thioether (sulfide) groups is 1. The molecule has 1 N–H and O–H groups in total. The zero-order chi connectivity index (χ0) is 11.2. The Labute approximate surface area is 105 Å². The summed E-state index contributed by atoms with van der Waals surface area (Å²) in [5.74, 6) is 1.34. The predicted molar refractivity (Wildman–Crippen MR) is 73.2 cm³/mol. The van der Waals surface area contributed by atoms with Gasteiger partial charge in [-0.25, -0.2) is 0 Å². The zero-order valence-electron chi connectivity index (χ0n) is 10.6. The molecule has 2 fully saturated rings. The maximum atomic E-state index is 3.71. The minimum absolute atomic E-state index is 0.834. The molecule has 1 aliphatic carbocycles. The number of nitrogens with one attached hydrogen (secondary N) is 1. The van der Waals surface area contributed by atoms with E-state index in [-0.39, 0.29) is 0 Å². The second-order valence-corrected chi connectivity index (χ2v) is 6.55. The predicted octanol–water partition coefficient (Wildman–Crippen LogP) is 2.35. The van der Waals surface area contributed by atoms with E-state index in [0.717, 1.165) is 11.3 Å². The van der Waals surface area contributed by atoms with Crippen LogP contribution in [0.3, 0.4) is 0 Å². The van der Waals surface area contributed by atoms with Crippen molar-refractivity contribution in [3.05, 3.63) is 0 Å². The third kappa shape index (κ3) is 3.94. The van der Waals surface area contributed by atoms with Crippen LogP contribution < -0.4 is 5.32 Å². The van der Waals surface area contributed by atoms with Crippen LogP contribution >= 0.6 is 11.8 Å². The van der Waals surface area contributed by atoms with Crippen molar-refractivity contribution in [2.45, 2.75) is 50.3 Å². The fraction of sp³-hybridized carbons (Fsp3) is 1.00. The Morgan fingerprint density at radius 3 is 2.88 bits per heavy atom. The first-order chi connectivity index (χ1) is 7.88. The van der Waals surface area contributed by atoms with Gasteiger partial charge in [-0.15, -0.1) is 0 Å². The Balaban J connectivity index is 1.58. The highest BCUT2D eigenvalue weighted by molar-refractivity contribution is 8.00. The van der Waals surface area contributed by atoms with Gasteiger partial charge >= 0.3 is 0 Å². The van der Waals surface area contributed by atoms with Gasteiger partial charge in [0.1, 0.15) is 0 Å². The van der Waals surface area contributed by atoms with Crippen molar-refractivity contribution >= 4 is 11.8 Å². The number of nitrogens with zero attached hydrogens (tertiary/aromatic N) is 1. The molecule has 3 heteroatoms. The van der Waals surface area contributed by atoms with Gasteiger partial charge in [0.2, 0.25) is 0 Å². The van der Waals surface area contributed by atoms with Crippen molar-refractivity contribution in [3.8, 4) is 0 Å². The molecule has 1 saturated heterocycles. The Morgan fingerprint density at radius 2 is 2.12 bits per heavy atom. The first kappa shape index (κ1) is 12.7. The van der Waals surface area contributed by atoms with Gasteiger partial charge < -0.3 is 10.2 Å². The largest absolute Gasteiger partial charge is 0.313 e. The van der Waals surface area contributed by atoms with E-state index in [2.05, 4.69) is 28.9 Å². The normalized spacial score (nSPS) is 28.7. The molecule has 1 atom stereocenters. The molecule has 1 unspecified atom stereocenters. The maximum Gasteiger partial charge on any atom is 0.0172 e. The SMILES string of the molecule is CCC1CN(CCNC2CCCC2)CCS1. The molecule has 0 bridgehead atoms. The van der Waals surface area contributed by atoms with Gasteiger partial charge in [-0.1, -0.05) is 19.8 Å². The molecule has 16 heavy (non-hydrogen) atoms. The first-order valence-electron chi connectivity index (χ1n) is 6.96. The summed E-state index contributed by atoms with van der Waals surface area (Å²) < 4.78 is 0. The molecule has 0 aromatic carbocycles. The quantitative estimate of drug-likeness (QED) is 0.797. The lowest BCUT2D eigenvalue weighted by molar-refractivity contribution is 0.275. The number of hydrogen-bond donors (Lipinski definition) is 1. The Kier molecular flexibility index (Phi) is 5.46. The van der Waals surface area contributed by atoms with Crippen molar-refractivity contribution < 1.29 is 0 Å². The fourth-order valence-electron chi connectivity index (χ4n) is 2.79. The molecule has 1 saturated carbocycles. The molecule has 94 valence electrons. The van der Waals surface area contributed by atoms with Crippen LogP contribution in [-0.4, -0.2) is 48.1 Å². The first-order valence-corrected chi connectivity index (χ1v) is 8.00. The average molecular weight is 242 g/mol. The summed E-state index contributed by atoms with van der Waals surface area (Å²) in [5, 5.41) is 4.60. The van der Waals surface area contributed by atoms with Crippen LogP contribution in [0.15, 0.2) is 0 Å². The van der Waals surface area contributed by atoms with Crippen LogP contribution in [0, 0.1) is 0 Å². The zero-order valence-corrected chi connectivity index (χ0v) is 11.4. The summed E-state index contributed by atoms with van der Waals surface area (Å²) >= 11 is 2.16. The standard InChI is InChI=1S/C13H26N2S/c1-2-13-11-15(9-10-16-13)8-7-14-12-5-3-4-6-12/h12-14H,2-11H2,1H3. The van der Waals surface area contributed by atoms with Gasteiger partial charge in [0, 0.05) is 43.2 Å². The molecular formula is C13H26N2S. The summed E-state index contributed by atoms with van der Waals surface area (Å²) in [4.78, 5) is 2.65. The van der Waals surface area contributed by atoms with E-state index in [0.29, 0.717) is 0 Å². The van der Waals surface area contributed by atoms with Gasteiger partial charge in [-0.3, -0.25) is 0 Å². The van der Waals surface area contributed by atoms with Crippen LogP contribution in [0.2, 0.25) is 0 Å². The second kappa shape index (κ2) is 6.87. The minimum atomic E-state index is 0.834. The summed E-state index contributed by atoms with van der Waals surface area (Å²) in [6, 6.07) is 0.834. The van der Waals surface area contributed by atoms with Gasteiger partial charge in [0.25, 0.3) is 0 Å². The summed E-state index contributed by atoms with van der Waals surface area (Å²) in [6.07, 6.45) is 7.03. The number of rotatable bonds is 5. The molecule has 2 rings (SSSR count). The Bertz CT molecular complexity index is 192. The molecular weight excluding hydrogens is 216 g/mol. The molecule has 0 aromatic rings. The third-order valence-corrected chi connectivity index (χ3v) is 5.27. The van der Waals surface area contributed by atoms with Crippen molar-refractivity contribution in [2.75, 3.05) is 31.9 Å². The highest BCUT2D eigenvalue weighted by Crippen LogP contribution is 2.21. The fourth-order valence-corrected chi connectivity index (χ4v) is 4.04. The van der Waals surface area contributed by atoms with E-state index < -0.39 is 0 Å². The molecule has 0 aromatic heterocycles. The van der Waals surface area contributed by atoms with Crippen molar-refractivity contribution in [1.29, 1.82) is 0 Å². The summed E-state index contributed by atoms with van der Waals surface area (Å²) in [5.41, 5.74) is 0. The monoisotopic (exact) mass is 242 g/mol. The molecule has 2 aliphatic rings. The number of hydrogen-bond acceptors (Lipinski definition) is 3. The molecule has 2 nitrogen and oxygen atoms in total. The van der Waals surface area contributed by atoms with Gasteiger partial charge in [0.15, 0.2) is 0 Å². The molecule has 0 spiro atoms. The Hall–Kier alpha value is 0.270. The topological polar surface area (TPSA) is 15.3 Å². The van der Waals surface area contributed by atoms with E-state index in [1.165, 1.54) is 64.0 Å². The Morgan fingerprint density at radius 1 is 1.31 bits per heavy atom. The highest BCUT2D eigenvalue weighted by atomic mass is 32.2. The smallest absolute Gasteiger partial charge is 0.0172 e. The van der Waals surface area contributed by atoms with Crippen molar-refractivity contribution in [3.63, 3.8) is 0 Å².